The number of carbonyl (C=O) groups is 1. The molecule has 1 aromatic rings. The average Bonchev–Trinajstić information content (AvgIpc) is 2.35. The van der Waals surface area contributed by atoms with E-state index >= 15 is 0 Å². The molecule has 92 valence electrons. The van der Waals surface area contributed by atoms with Crippen LogP contribution in [0.5, 0.6) is 0 Å². The number of anilines is 1. The summed E-state index contributed by atoms with van der Waals surface area (Å²) >= 11 is 0. The predicted octanol–water partition coefficient (Wildman–Crippen LogP) is 3.65. The molecule has 2 rings (SSSR count). The highest BCUT2D eigenvalue weighted by Gasteiger charge is 2.21. The second kappa shape index (κ2) is 5.30. The van der Waals surface area contributed by atoms with E-state index in [9.17, 15) is 9.18 Å². The zero-order valence-corrected chi connectivity index (χ0v) is 10.1. The van der Waals surface area contributed by atoms with Gasteiger partial charge in [0.15, 0.2) is 0 Å². The van der Waals surface area contributed by atoms with Gasteiger partial charge in [-0.1, -0.05) is 25.3 Å². The minimum absolute atomic E-state index is 0.0331. The topological polar surface area (TPSA) is 29.1 Å². The van der Waals surface area contributed by atoms with Crippen molar-refractivity contribution in [2.75, 3.05) is 5.32 Å². The van der Waals surface area contributed by atoms with E-state index in [-0.39, 0.29) is 17.6 Å². The standard InChI is InChI=1S/C14H18FNO/c1-10-7-8-12(15)13(9-10)16-14(17)11-5-3-2-4-6-11/h7-9,11H,2-6H2,1H3,(H,16,17). The maximum absolute atomic E-state index is 13.5. The van der Waals surface area contributed by atoms with Crippen molar-refractivity contribution in [3.63, 3.8) is 0 Å². The predicted molar refractivity (Wildman–Crippen MR) is 66.3 cm³/mol. The van der Waals surface area contributed by atoms with Gasteiger partial charge in [0.05, 0.1) is 5.69 Å². The highest BCUT2D eigenvalue weighted by atomic mass is 19.1. The molecule has 0 aliphatic heterocycles. The highest BCUT2D eigenvalue weighted by molar-refractivity contribution is 5.92. The molecule has 1 saturated carbocycles. The number of rotatable bonds is 2. The molecule has 0 unspecified atom stereocenters. The van der Waals surface area contributed by atoms with Crippen molar-refractivity contribution in [1.82, 2.24) is 0 Å². The van der Waals surface area contributed by atoms with E-state index in [1.54, 1.807) is 12.1 Å². The van der Waals surface area contributed by atoms with Crippen LogP contribution in [-0.2, 0) is 4.79 Å². The molecule has 1 N–H and O–H groups in total. The molecule has 1 fully saturated rings. The Labute approximate surface area is 101 Å². The Balaban J connectivity index is 2.04. The van der Waals surface area contributed by atoms with Crippen LogP contribution in [0.2, 0.25) is 0 Å². The monoisotopic (exact) mass is 235 g/mol. The Kier molecular flexibility index (Phi) is 3.77. The highest BCUT2D eigenvalue weighted by Crippen LogP contribution is 2.25. The summed E-state index contributed by atoms with van der Waals surface area (Å²) in [5, 5.41) is 2.71. The van der Waals surface area contributed by atoms with Gasteiger partial charge in [-0.05, 0) is 37.5 Å². The van der Waals surface area contributed by atoms with E-state index in [1.807, 2.05) is 6.92 Å². The Morgan fingerprint density at radius 3 is 2.71 bits per heavy atom. The Bertz CT molecular complexity index is 411. The summed E-state index contributed by atoms with van der Waals surface area (Å²) in [4.78, 5) is 12.0. The van der Waals surface area contributed by atoms with Crippen molar-refractivity contribution in [2.45, 2.75) is 39.0 Å². The van der Waals surface area contributed by atoms with Crippen molar-refractivity contribution < 1.29 is 9.18 Å². The molecule has 0 radical (unpaired) electrons. The van der Waals surface area contributed by atoms with Gasteiger partial charge >= 0.3 is 0 Å². The van der Waals surface area contributed by atoms with Gasteiger partial charge in [-0.25, -0.2) is 4.39 Å². The lowest BCUT2D eigenvalue weighted by Crippen LogP contribution is -2.25. The maximum Gasteiger partial charge on any atom is 0.227 e. The third kappa shape index (κ3) is 3.05. The smallest absolute Gasteiger partial charge is 0.227 e. The van der Waals surface area contributed by atoms with Crippen LogP contribution in [0, 0.1) is 18.7 Å². The van der Waals surface area contributed by atoms with Crippen LogP contribution in [0.3, 0.4) is 0 Å². The molecule has 0 aromatic heterocycles. The molecule has 1 aromatic carbocycles. The molecule has 0 bridgehead atoms. The van der Waals surface area contributed by atoms with Crippen LogP contribution in [0.1, 0.15) is 37.7 Å². The first kappa shape index (κ1) is 12.1. The van der Waals surface area contributed by atoms with E-state index in [4.69, 9.17) is 0 Å². The van der Waals surface area contributed by atoms with Crippen LogP contribution in [0.15, 0.2) is 18.2 Å². The second-order valence-electron chi connectivity index (χ2n) is 4.81. The molecule has 1 aliphatic rings. The van der Waals surface area contributed by atoms with Crippen LogP contribution < -0.4 is 5.32 Å². The van der Waals surface area contributed by atoms with Gasteiger partial charge in [-0.3, -0.25) is 4.79 Å². The summed E-state index contributed by atoms with van der Waals surface area (Å²) in [6.45, 7) is 1.88. The van der Waals surface area contributed by atoms with Gasteiger partial charge in [-0.15, -0.1) is 0 Å². The van der Waals surface area contributed by atoms with Gasteiger partial charge in [0.1, 0.15) is 5.82 Å². The number of aryl methyl sites for hydroxylation is 1. The molecular weight excluding hydrogens is 217 g/mol. The third-order valence-corrected chi connectivity index (χ3v) is 3.36. The van der Waals surface area contributed by atoms with Crippen molar-refractivity contribution in [2.24, 2.45) is 5.92 Å². The number of hydrogen-bond acceptors (Lipinski definition) is 1. The first-order chi connectivity index (χ1) is 8.16. The number of carbonyl (C=O) groups excluding carboxylic acids is 1. The molecular formula is C14H18FNO. The van der Waals surface area contributed by atoms with E-state index in [2.05, 4.69) is 5.32 Å². The molecule has 0 saturated heterocycles. The van der Waals surface area contributed by atoms with Crippen LogP contribution >= 0.6 is 0 Å². The van der Waals surface area contributed by atoms with Gasteiger partial charge in [-0.2, -0.15) is 0 Å². The SMILES string of the molecule is Cc1ccc(F)c(NC(=O)C2CCCCC2)c1. The first-order valence-electron chi connectivity index (χ1n) is 6.24. The fourth-order valence-electron chi connectivity index (χ4n) is 2.33. The number of benzene rings is 1. The average molecular weight is 235 g/mol. The fourth-order valence-corrected chi connectivity index (χ4v) is 2.33. The Morgan fingerprint density at radius 2 is 2.00 bits per heavy atom. The van der Waals surface area contributed by atoms with Crippen molar-refractivity contribution in [1.29, 1.82) is 0 Å². The zero-order valence-electron chi connectivity index (χ0n) is 10.1. The summed E-state index contributed by atoms with van der Waals surface area (Å²) in [5.74, 6) is -0.336. The van der Waals surface area contributed by atoms with Gasteiger partial charge in [0.25, 0.3) is 0 Å². The molecule has 0 spiro atoms. The number of amides is 1. The van der Waals surface area contributed by atoms with E-state index in [1.165, 1.54) is 12.5 Å². The summed E-state index contributed by atoms with van der Waals surface area (Å²) in [7, 11) is 0. The van der Waals surface area contributed by atoms with E-state index in [0.717, 1.165) is 31.2 Å². The molecule has 0 atom stereocenters. The molecule has 1 amide bonds. The van der Waals surface area contributed by atoms with Crippen LogP contribution in [-0.4, -0.2) is 5.91 Å². The fraction of sp³-hybridized carbons (Fsp3) is 0.500. The molecule has 3 heteroatoms. The summed E-state index contributed by atoms with van der Waals surface area (Å²) < 4.78 is 13.5. The van der Waals surface area contributed by atoms with E-state index < -0.39 is 0 Å². The van der Waals surface area contributed by atoms with Gasteiger partial charge in [0.2, 0.25) is 5.91 Å². The van der Waals surface area contributed by atoms with Crippen LogP contribution in [0.4, 0.5) is 10.1 Å². The lowest BCUT2D eigenvalue weighted by atomic mass is 9.88. The zero-order chi connectivity index (χ0) is 12.3. The quantitative estimate of drug-likeness (QED) is 0.832. The lowest BCUT2D eigenvalue weighted by molar-refractivity contribution is -0.120. The number of halogens is 1. The summed E-state index contributed by atoms with van der Waals surface area (Å²) in [6, 6.07) is 4.77. The minimum Gasteiger partial charge on any atom is -0.323 e. The normalized spacial score (nSPS) is 16.8. The second-order valence-corrected chi connectivity index (χ2v) is 4.81. The maximum atomic E-state index is 13.5. The van der Waals surface area contributed by atoms with Crippen molar-refractivity contribution in [3.05, 3.63) is 29.6 Å². The van der Waals surface area contributed by atoms with Crippen molar-refractivity contribution in [3.8, 4) is 0 Å². The summed E-state index contributed by atoms with van der Waals surface area (Å²) in [6.07, 6.45) is 5.28. The molecule has 0 heterocycles. The third-order valence-electron chi connectivity index (χ3n) is 3.36. The minimum atomic E-state index is -0.361. The molecule has 2 nitrogen and oxygen atoms in total. The Hall–Kier alpha value is -1.38. The number of hydrogen-bond donors (Lipinski definition) is 1. The summed E-state index contributed by atoms with van der Waals surface area (Å²) in [5.41, 5.74) is 1.26. The molecule has 1 aliphatic carbocycles. The van der Waals surface area contributed by atoms with Crippen LogP contribution in [0.25, 0.3) is 0 Å². The Morgan fingerprint density at radius 1 is 1.29 bits per heavy atom. The number of nitrogens with one attached hydrogen (secondary N) is 1. The largest absolute Gasteiger partial charge is 0.323 e. The lowest BCUT2D eigenvalue weighted by Gasteiger charge is -2.20. The van der Waals surface area contributed by atoms with Crippen molar-refractivity contribution >= 4 is 11.6 Å². The molecule has 17 heavy (non-hydrogen) atoms. The van der Waals surface area contributed by atoms with Gasteiger partial charge in [0, 0.05) is 5.92 Å². The first-order valence-corrected chi connectivity index (χ1v) is 6.24. The van der Waals surface area contributed by atoms with E-state index in [0.29, 0.717) is 5.69 Å². The van der Waals surface area contributed by atoms with Gasteiger partial charge < -0.3 is 5.32 Å².